The third-order valence-corrected chi connectivity index (χ3v) is 7.27. The van der Waals surface area contributed by atoms with Crippen molar-refractivity contribution in [2.24, 2.45) is 4.99 Å². The van der Waals surface area contributed by atoms with Crippen LogP contribution < -0.4 is 4.74 Å². The number of hydrogen-bond donors (Lipinski definition) is 1. The van der Waals surface area contributed by atoms with Crippen molar-refractivity contribution in [2.45, 2.75) is 11.3 Å². The number of pyridine rings is 1. The number of hydrogen-bond acceptors (Lipinski definition) is 5. The Balaban J connectivity index is 0.00000267. The van der Waals surface area contributed by atoms with Crippen LogP contribution in [-0.4, -0.2) is 15.1 Å². The Labute approximate surface area is 228 Å². The molecule has 0 bridgehead atoms. The van der Waals surface area contributed by atoms with Gasteiger partial charge in [-0.15, -0.1) is 35.5 Å². The van der Waals surface area contributed by atoms with E-state index in [0.717, 1.165) is 16.0 Å². The van der Waals surface area contributed by atoms with Gasteiger partial charge in [0.2, 0.25) is 5.88 Å². The van der Waals surface area contributed by atoms with Crippen LogP contribution in [0, 0.1) is 6.07 Å². The maximum atomic E-state index is 10.1. The van der Waals surface area contributed by atoms with Crippen LogP contribution >= 0.6 is 11.8 Å². The van der Waals surface area contributed by atoms with Gasteiger partial charge in [-0.3, -0.25) is 0 Å². The molecule has 4 nitrogen and oxygen atoms in total. The zero-order valence-electron chi connectivity index (χ0n) is 19.0. The molecule has 4 aromatic carbocycles. The number of fused-ring (bicyclic) bond motifs is 1. The predicted molar refractivity (Wildman–Crippen MR) is 141 cm³/mol. The molecule has 6 rings (SSSR count). The zero-order chi connectivity index (χ0) is 23.6. The number of aromatic nitrogens is 1. The van der Waals surface area contributed by atoms with Crippen LogP contribution in [0.3, 0.4) is 0 Å². The van der Waals surface area contributed by atoms with Crippen LogP contribution in [0.15, 0.2) is 114 Å². The first-order valence-electron chi connectivity index (χ1n) is 11.4. The van der Waals surface area contributed by atoms with Crippen LogP contribution in [0.1, 0.15) is 28.0 Å². The molecule has 0 aliphatic carbocycles. The molecule has 0 fully saturated rings. The number of aliphatic imine (C=N–C) groups is 1. The van der Waals surface area contributed by atoms with Crippen molar-refractivity contribution in [1.29, 1.82) is 0 Å². The summed E-state index contributed by atoms with van der Waals surface area (Å²) in [6.45, 7) is 0. The van der Waals surface area contributed by atoms with E-state index in [2.05, 4.69) is 59.6 Å². The molecule has 0 amide bonds. The molecule has 6 heteroatoms. The summed E-state index contributed by atoms with van der Waals surface area (Å²) in [5.74, 6) is 1.08. The van der Waals surface area contributed by atoms with Gasteiger partial charge in [-0.2, -0.15) is 0 Å². The number of rotatable bonds is 5. The Kier molecular flexibility index (Phi) is 7.22. The Morgan fingerprint density at radius 1 is 0.750 bits per heavy atom. The summed E-state index contributed by atoms with van der Waals surface area (Å²) >= 11 is 1.75. The Morgan fingerprint density at radius 2 is 1.47 bits per heavy atom. The fourth-order valence-electron chi connectivity index (χ4n) is 4.25. The van der Waals surface area contributed by atoms with E-state index in [9.17, 15) is 5.11 Å². The van der Waals surface area contributed by atoms with Gasteiger partial charge in [-0.1, -0.05) is 78.9 Å². The molecule has 5 aromatic rings. The van der Waals surface area contributed by atoms with E-state index in [4.69, 9.17) is 9.73 Å². The van der Waals surface area contributed by atoms with Crippen LogP contribution in [-0.2, 0) is 21.1 Å². The number of para-hydroxylation sites is 1. The molecule has 1 aromatic heterocycles. The van der Waals surface area contributed by atoms with Crippen LogP contribution in [0.2, 0.25) is 0 Å². The smallest absolute Gasteiger partial charge is 0.217 e. The third kappa shape index (κ3) is 4.95. The Hall–Kier alpha value is -3.40. The van der Waals surface area contributed by atoms with Gasteiger partial charge in [0, 0.05) is 43.3 Å². The molecule has 1 aliphatic heterocycles. The molecule has 1 aliphatic rings. The summed E-state index contributed by atoms with van der Waals surface area (Å²) in [7, 11) is 0. The van der Waals surface area contributed by atoms with Gasteiger partial charge < -0.3 is 14.8 Å². The molecule has 36 heavy (non-hydrogen) atoms. The summed E-state index contributed by atoms with van der Waals surface area (Å²) in [5.41, 5.74) is 3.83. The molecule has 0 unspecified atom stereocenters. The quantitative estimate of drug-likeness (QED) is 0.197. The second-order valence-corrected chi connectivity index (χ2v) is 9.40. The van der Waals surface area contributed by atoms with E-state index >= 15 is 0 Å². The van der Waals surface area contributed by atoms with Crippen LogP contribution in [0.4, 0.5) is 0 Å². The number of thioether (sulfide) groups is 1. The standard InChI is InChI=1S/C30H21N2O2S.Pt/c33-25-16-8-13-21-17-18-26(31-27(21)25)34-24-15-7-14-23(19-24)30-32-28(20-9-3-1-4-10-20)29(35-30)22-11-5-2-6-12-22;/h1-18,28-29,33H;/q-1;/t28-,29+;/m0./s1. The first kappa shape index (κ1) is 24.3. The van der Waals surface area contributed by atoms with Crippen molar-refractivity contribution in [1.82, 2.24) is 4.98 Å². The number of phenolic OH excluding ortho intramolecular Hbond substituents is 1. The van der Waals surface area contributed by atoms with Gasteiger partial charge in [-0.05, 0) is 23.3 Å². The maximum Gasteiger partial charge on any atom is 0.217 e. The largest absolute Gasteiger partial charge is 0.506 e. The van der Waals surface area contributed by atoms with Crippen molar-refractivity contribution >= 4 is 27.7 Å². The van der Waals surface area contributed by atoms with E-state index in [-0.39, 0.29) is 38.1 Å². The van der Waals surface area contributed by atoms with Crippen LogP contribution in [0.5, 0.6) is 17.4 Å². The topological polar surface area (TPSA) is 54.7 Å². The normalized spacial score (nSPS) is 16.8. The summed E-state index contributed by atoms with van der Waals surface area (Å²) in [6, 6.07) is 39.1. The molecular weight excluding hydrogens is 647 g/mol. The molecule has 0 spiro atoms. The van der Waals surface area contributed by atoms with E-state index in [0.29, 0.717) is 17.1 Å². The van der Waals surface area contributed by atoms with Crippen molar-refractivity contribution in [3.8, 4) is 17.4 Å². The molecule has 0 saturated carbocycles. The second kappa shape index (κ2) is 10.7. The van der Waals surface area contributed by atoms with Gasteiger partial charge in [0.15, 0.2) is 0 Å². The van der Waals surface area contributed by atoms with Gasteiger partial charge in [0.1, 0.15) is 11.3 Å². The zero-order valence-corrected chi connectivity index (χ0v) is 22.1. The van der Waals surface area contributed by atoms with Gasteiger partial charge >= 0.3 is 0 Å². The average molecular weight is 669 g/mol. The van der Waals surface area contributed by atoms with E-state index < -0.39 is 0 Å². The van der Waals surface area contributed by atoms with Gasteiger partial charge in [0.05, 0.1) is 11.3 Å². The minimum Gasteiger partial charge on any atom is -0.506 e. The van der Waals surface area contributed by atoms with Gasteiger partial charge in [-0.25, -0.2) is 4.98 Å². The minimum absolute atomic E-state index is 0. The van der Waals surface area contributed by atoms with Crippen molar-refractivity contribution in [3.63, 3.8) is 0 Å². The summed E-state index contributed by atoms with van der Waals surface area (Å²) in [5, 5.41) is 12.1. The van der Waals surface area contributed by atoms with Gasteiger partial charge in [0.25, 0.3) is 0 Å². The summed E-state index contributed by atoms with van der Waals surface area (Å²) in [4.78, 5) is 9.60. The van der Waals surface area contributed by atoms with Crippen molar-refractivity contribution in [3.05, 3.63) is 132 Å². The number of benzene rings is 4. The predicted octanol–water partition coefficient (Wildman–Crippen LogP) is 7.51. The van der Waals surface area contributed by atoms with E-state index in [1.54, 1.807) is 30.0 Å². The molecular formula is C30H21N2O2PtS-. The number of nitrogens with zero attached hydrogens (tertiary/aromatic N) is 2. The minimum atomic E-state index is 0. The number of aromatic hydroxyl groups is 1. The Bertz CT molecular complexity index is 1530. The fourth-order valence-corrected chi connectivity index (χ4v) is 5.55. The first-order valence-corrected chi connectivity index (χ1v) is 12.3. The molecule has 180 valence electrons. The third-order valence-electron chi connectivity index (χ3n) is 5.94. The molecule has 1 N–H and O–H groups in total. The van der Waals surface area contributed by atoms with Crippen LogP contribution in [0.25, 0.3) is 10.9 Å². The van der Waals surface area contributed by atoms with E-state index in [1.807, 2.05) is 42.5 Å². The maximum absolute atomic E-state index is 10.1. The SMILES string of the molecule is Oc1cccc2ccc(Oc3[c-]c(C4=N[C@@H](c5ccccc5)[C@@H](c5ccccc5)S4)ccc3)nc12.[Pt]. The number of ether oxygens (including phenoxy) is 1. The fraction of sp³-hybridized carbons (Fsp3) is 0.0667. The monoisotopic (exact) mass is 668 g/mol. The van der Waals surface area contributed by atoms with Crippen molar-refractivity contribution in [2.75, 3.05) is 0 Å². The van der Waals surface area contributed by atoms with Crippen molar-refractivity contribution < 1.29 is 30.9 Å². The Morgan fingerprint density at radius 3 is 2.25 bits per heavy atom. The van der Waals surface area contributed by atoms with E-state index in [1.165, 1.54) is 11.1 Å². The molecule has 0 radical (unpaired) electrons. The number of phenols is 1. The average Bonchev–Trinajstić information content (AvgIpc) is 3.36. The summed E-state index contributed by atoms with van der Waals surface area (Å²) in [6.07, 6.45) is 0. The second-order valence-electron chi connectivity index (χ2n) is 8.27. The molecule has 2 atom stereocenters. The molecule has 0 saturated heterocycles. The first-order chi connectivity index (χ1) is 17.2. The summed E-state index contributed by atoms with van der Waals surface area (Å²) < 4.78 is 6.02. The molecule has 2 heterocycles.